The number of rotatable bonds is 4. The number of hydrogen-bond acceptors (Lipinski definition) is 5. The summed E-state index contributed by atoms with van der Waals surface area (Å²) in [5, 5.41) is 0.416. The lowest BCUT2D eigenvalue weighted by atomic mass is 10.3. The second-order valence-corrected chi connectivity index (χ2v) is 4.14. The van der Waals surface area contributed by atoms with Crippen LogP contribution in [-0.4, -0.2) is 13.1 Å². The molecular weight excluding hydrogens is 270 g/mol. The van der Waals surface area contributed by atoms with Crippen LogP contribution in [0, 0.1) is 0 Å². The maximum atomic E-state index is 11.2. The Morgan fingerprint density at radius 2 is 2.16 bits per heavy atom. The van der Waals surface area contributed by atoms with Crippen LogP contribution in [0.5, 0.6) is 5.75 Å². The summed E-state index contributed by atoms with van der Waals surface area (Å²) in [6.07, 6.45) is 0. The van der Waals surface area contributed by atoms with Crippen molar-refractivity contribution < 1.29 is 18.7 Å². The van der Waals surface area contributed by atoms with Crippen molar-refractivity contribution in [2.24, 2.45) is 0 Å². The van der Waals surface area contributed by atoms with Gasteiger partial charge in [-0.05, 0) is 30.3 Å². The van der Waals surface area contributed by atoms with Crippen LogP contribution in [0.15, 0.2) is 34.7 Å². The summed E-state index contributed by atoms with van der Waals surface area (Å²) >= 11 is 5.96. The Labute approximate surface area is 114 Å². The normalized spacial score (nSPS) is 10.2. The fourth-order valence-electron chi connectivity index (χ4n) is 1.45. The number of nitrogen functional groups attached to an aromatic ring is 1. The highest BCUT2D eigenvalue weighted by Crippen LogP contribution is 2.27. The van der Waals surface area contributed by atoms with E-state index in [2.05, 4.69) is 4.74 Å². The largest absolute Gasteiger partial charge is 0.484 e. The maximum Gasteiger partial charge on any atom is 0.373 e. The van der Waals surface area contributed by atoms with Gasteiger partial charge in [-0.3, -0.25) is 0 Å². The lowest BCUT2D eigenvalue weighted by Gasteiger charge is -2.06. The molecule has 0 aliphatic rings. The number of esters is 1. The molecule has 0 aliphatic carbocycles. The van der Waals surface area contributed by atoms with E-state index in [4.69, 9.17) is 26.5 Å². The summed E-state index contributed by atoms with van der Waals surface area (Å²) < 4.78 is 15.3. The Morgan fingerprint density at radius 1 is 1.37 bits per heavy atom. The first kappa shape index (κ1) is 13.3. The monoisotopic (exact) mass is 281 g/mol. The van der Waals surface area contributed by atoms with Crippen molar-refractivity contribution in [3.8, 4) is 5.75 Å². The van der Waals surface area contributed by atoms with Gasteiger partial charge in [0.25, 0.3) is 0 Å². The SMILES string of the molecule is COC(=O)c1ccc(COc2ccc(N)cc2Cl)o1. The average molecular weight is 282 g/mol. The van der Waals surface area contributed by atoms with Gasteiger partial charge in [-0.25, -0.2) is 4.79 Å². The molecule has 1 heterocycles. The first-order valence-corrected chi connectivity index (χ1v) is 5.83. The van der Waals surface area contributed by atoms with Crippen LogP contribution in [-0.2, 0) is 11.3 Å². The number of furan rings is 1. The molecule has 0 atom stereocenters. The van der Waals surface area contributed by atoms with Gasteiger partial charge < -0.3 is 19.6 Å². The van der Waals surface area contributed by atoms with Gasteiger partial charge in [-0.15, -0.1) is 0 Å². The number of hydrogen-bond donors (Lipinski definition) is 1. The number of halogens is 1. The second-order valence-electron chi connectivity index (χ2n) is 3.74. The van der Waals surface area contributed by atoms with Crippen molar-refractivity contribution in [3.63, 3.8) is 0 Å². The van der Waals surface area contributed by atoms with Gasteiger partial charge in [0.15, 0.2) is 0 Å². The molecule has 5 nitrogen and oxygen atoms in total. The minimum Gasteiger partial charge on any atom is -0.484 e. The number of nitrogens with two attached hydrogens (primary N) is 1. The number of carbonyl (C=O) groups excluding carboxylic acids is 1. The zero-order valence-electron chi connectivity index (χ0n) is 10.2. The summed E-state index contributed by atoms with van der Waals surface area (Å²) in [5.41, 5.74) is 6.14. The van der Waals surface area contributed by atoms with E-state index in [-0.39, 0.29) is 12.4 Å². The predicted octanol–water partition coefficient (Wildman–Crippen LogP) is 2.88. The highest BCUT2D eigenvalue weighted by atomic mass is 35.5. The Kier molecular flexibility index (Phi) is 3.97. The summed E-state index contributed by atoms with van der Waals surface area (Å²) in [6, 6.07) is 8.11. The standard InChI is InChI=1S/C13H12ClNO4/c1-17-13(16)12-5-3-9(19-12)7-18-11-4-2-8(15)6-10(11)14/h2-6H,7,15H2,1H3. The van der Waals surface area contributed by atoms with E-state index in [0.717, 1.165) is 0 Å². The first-order valence-electron chi connectivity index (χ1n) is 5.45. The maximum absolute atomic E-state index is 11.2. The Morgan fingerprint density at radius 3 is 2.84 bits per heavy atom. The Balaban J connectivity index is 2.02. The summed E-state index contributed by atoms with van der Waals surface area (Å²) in [4.78, 5) is 11.2. The number of methoxy groups -OCH3 is 1. The summed E-state index contributed by atoms with van der Waals surface area (Å²) in [5.74, 6) is 0.585. The Hall–Kier alpha value is -2.14. The van der Waals surface area contributed by atoms with Crippen LogP contribution in [0.25, 0.3) is 0 Å². The van der Waals surface area contributed by atoms with E-state index in [0.29, 0.717) is 22.2 Å². The van der Waals surface area contributed by atoms with Crippen molar-refractivity contribution in [1.29, 1.82) is 0 Å². The topological polar surface area (TPSA) is 74.7 Å². The van der Waals surface area contributed by atoms with Gasteiger partial charge in [0.2, 0.25) is 5.76 Å². The average Bonchev–Trinajstić information content (AvgIpc) is 2.85. The second kappa shape index (κ2) is 5.67. The van der Waals surface area contributed by atoms with Crippen molar-refractivity contribution in [2.45, 2.75) is 6.61 Å². The van der Waals surface area contributed by atoms with Crippen molar-refractivity contribution in [2.75, 3.05) is 12.8 Å². The molecule has 100 valence electrons. The van der Waals surface area contributed by atoms with Gasteiger partial charge in [0.1, 0.15) is 18.1 Å². The van der Waals surface area contributed by atoms with Gasteiger partial charge in [-0.2, -0.15) is 0 Å². The quantitative estimate of drug-likeness (QED) is 0.689. The minimum absolute atomic E-state index is 0.129. The number of ether oxygens (including phenoxy) is 2. The molecule has 0 bridgehead atoms. The van der Waals surface area contributed by atoms with Gasteiger partial charge in [0, 0.05) is 5.69 Å². The molecular formula is C13H12ClNO4. The molecule has 2 aromatic rings. The van der Waals surface area contributed by atoms with Gasteiger partial charge in [0.05, 0.1) is 12.1 Å². The summed E-state index contributed by atoms with van der Waals surface area (Å²) in [6.45, 7) is 0.153. The minimum atomic E-state index is -0.531. The van der Waals surface area contributed by atoms with Crippen LogP contribution in [0.2, 0.25) is 5.02 Å². The molecule has 2 rings (SSSR count). The zero-order valence-corrected chi connectivity index (χ0v) is 10.9. The van der Waals surface area contributed by atoms with E-state index >= 15 is 0 Å². The molecule has 1 aromatic carbocycles. The predicted molar refractivity (Wildman–Crippen MR) is 70.2 cm³/mol. The zero-order chi connectivity index (χ0) is 13.8. The molecule has 0 saturated heterocycles. The molecule has 19 heavy (non-hydrogen) atoms. The van der Waals surface area contributed by atoms with Crippen molar-refractivity contribution >= 4 is 23.3 Å². The fourth-order valence-corrected chi connectivity index (χ4v) is 1.69. The van der Waals surface area contributed by atoms with Crippen LogP contribution in [0.3, 0.4) is 0 Å². The van der Waals surface area contributed by atoms with Crippen LogP contribution in [0.1, 0.15) is 16.3 Å². The number of benzene rings is 1. The van der Waals surface area contributed by atoms with Crippen molar-refractivity contribution in [3.05, 3.63) is 46.9 Å². The first-order chi connectivity index (χ1) is 9.10. The smallest absolute Gasteiger partial charge is 0.373 e. The molecule has 0 radical (unpaired) electrons. The fraction of sp³-hybridized carbons (Fsp3) is 0.154. The molecule has 2 N–H and O–H groups in total. The van der Waals surface area contributed by atoms with E-state index in [9.17, 15) is 4.79 Å². The van der Waals surface area contributed by atoms with Crippen LogP contribution >= 0.6 is 11.6 Å². The van der Waals surface area contributed by atoms with E-state index in [1.54, 1.807) is 24.3 Å². The molecule has 0 fully saturated rings. The molecule has 0 spiro atoms. The lowest BCUT2D eigenvalue weighted by Crippen LogP contribution is -1.99. The van der Waals surface area contributed by atoms with Crippen LogP contribution < -0.4 is 10.5 Å². The summed E-state index contributed by atoms with van der Waals surface area (Å²) in [7, 11) is 1.29. The third kappa shape index (κ3) is 3.20. The van der Waals surface area contributed by atoms with E-state index < -0.39 is 5.97 Å². The lowest BCUT2D eigenvalue weighted by molar-refractivity contribution is 0.0561. The molecule has 6 heteroatoms. The van der Waals surface area contributed by atoms with Crippen LogP contribution in [0.4, 0.5) is 5.69 Å². The molecule has 1 aromatic heterocycles. The Bertz CT molecular complexity index is 594. The molecule has 0 aliphatic heterocycles. The van der Waals surface area contributed by atoms with Gasteiger partial charge >= 0.3 is 5.97 Å². The third-order valence-electron chi connectivity index (χ3n) is 2.37. The number of carbonyl (C=O) groups is 1. The van der Waals surface area contributed by atoms with E-state index in [1.165, 1.54) is 13.2 Å². The van der Waals surface area contributed by atoms with Crippen molar-refractivity contribution in [1.82, 2.24) is 0 Å². The highest BCUT2D eigenvalue weighted by molar-refractivity contribution is 6.32. The number of anilines is 1. The molecule has 0 unspecified atom stereocenters. The van der Waals surface area contributed by atoms with Gasteiger partial charge in [-0.1, -0.05) is 11.6 Å². The third-order valence-corrected chi connectivity index (χ3v) is 2.67. The molecule has 0 saturated carbocycles. The molecule has 0 amide bonds. The van der Waals surface area contributed by atoms with E-state index in [1.807, 2.05) is 0 Å². The highest BCUT2D eigenvalue weighted by Gasteiger charge is 2.11.